The molecule has 1 amide bonds. The lowest BCUT2D eigenvalue weighted by Crippen LogP contribution is -2.25. The Kier molecular flexibility index (Phi) is 7.39. The molecule has 0 radical (unpaired) electrons. The number of amides is 1. The van der Waals surface area contributed by atoms with E-state index in [1.807, 2.05) is 6.92 Å². The van der Waals surface area contributed by atoms with Gasteiger partial charge in [-0.3, -0.25) is 4.79 Å². The SMILES string of the molecule is CCOCCCNC(=O)c1ccc(OC)c(OC)c1OC. The van der Waals surface area contributed by atoms with Crippen molar-refractivity contribution in [2.45, 2.75) is 13.3 Å². The van der Waals surface area contributed by atoms with Crippen LogP contribution in [0.3, 0.4) is 0 Å². The fraction of sp³-hybridized carbons (Fsp3) is 0.533. The molecule has 0 aliphatic carbocycles. The minimum absolute atomic E-state index is 0.218. The second-order valence-electron chi connectivity index (χ2n) is 4.19. The molecule has 1 aromatic carbocycles. The zero-order chi connectivity index (χ0) is 15.7. The van der Waals surface area contributed by atoms with E-state index in [9.17, 15) is 4.79 Å². The topological polar surface area (TPSA) is 66.0 Å². The third kappa shape index (κ3) is 4.53. The molecule has 1 aromatic rings. The van der Waals surface area contributed by atoms with Crippen molar-refractivity contribution < 1.29 is 23.7 Å². The van der Waals surface area contributed by atoms with Crippen LogP contribution in [0, 0.1) is 0 Å². The highest BCUT2D eigenvalue weighted by Crippen LogP contribution is 2.39. The minimum Gasteiger partial charge on any atom is -0.493 e. The number of nitrogens with one attached hydrogen (secondary N) is 1. The number of ether oxygens (including phenoxy) is 4. The second kappa shape index (κ2) is 9.07. The third-order valence-electron chi connectivity index (χ3n) is 2.90. The van der Waals surface area contributed by atoms with Gasteiger partial charge in [-0.1, -0.05) is 0 Å². The van der Waals surface area contributed by atoms with Crippen molar-refractivity contribution in [1.82, 2.24) is 5.32 Å². The van der Waals surface area contributed by atoms with Crippen molar-refractivity contribution in [3.63, 3.8) is 0 Å². The van der Waals surface area contributed by atoms with Crippen LogP contribution < -0.4 is 19.5 Å². The van der Waals surface area contributed by atoms with Gasteiger partial charge in [0.2, 0.25) is 5.75 Å². The molecule has 0 saturated carbocycles. The maximum Gasteiger partial charge on any atom is 0.255 e. The average Bonchev–Trinajstić information content (AvgIpc) is 2.52. The quantitative estimate of drug-likeness (QED) is 0.705. The Morgan fingerprint density at radius 2 is 1.81 bits per heavy atom. The lowest BCUT2D eigenvalue weighted by Gasteiger charge is -2.15. The summed E-state index contributed by atoms with van der Waals surface area (Å²) in [6, 6.07) is 3.33. The van der Waals surface area contributed by atoms with Crippen LogP contribution in [-0.2, 0) is 4.74 Å². The van der Waals surface area contributed by atoms with Crippen LogP contribution in [0.25, 0.3) is 0 Å². The van der Waals surface area contributed by atoms with Gasteiger partial charge in [-0.05, 0) is 25.5 Å². The Bertz CT molecular complexity index is 462. The standard InChI is InChI=1S/C15H23NO5/c1-5-21-10-6-9-16-15(17)11-7-8-12(18-2)14(20-4)13(11)19-3/h7-8H,5-6,9-10H2,1-4H3,(H,16,17). The smallest absolute Gasteiger partial charge is 0.255 e. The summed E-state index contributed by atoms with van der Waals surface area (Å²) < 4.78 is 20.9. The molecule has 0 unspecified atom stereocenters. The molecule has 6 nitrogen and oxygen atoms in total. The summed E-state index contributed by atoms with van der Waals surface area (Å²) in [6.45, 7) is 3.78. The van der Waals surface area contributed by atoms with Crippen molar-refractivity contribution in [2.24, 2.45) is 0 Å². The summed E-state index contributed by atoms with van der Waals surface area (Å²) >= 11 is 0. The van der Waals surface area contributed by atoms with Crippen LogP contribution in [0.1, 0.15) is 23.7 Å². The van der Waals surface area contributed by atoms with Crippen LogP contribution >= 0.6 is 0 Å². The predicted octanol–water partition coefficient (Wildman–Crippen LogP) is 1.87. The van der Waals surface area contributed by atoms with Gasteiger partial charge in [0.25, 0.3) is 5.91 Å². The molecule has 0 atom stereocenters. The normalized spacial score (nSPS) is 10.1. The van der Waals surface area contributed by atoms with Crippen LogP contribution in [0.2, 0.25) is 0 Å². The van der Waals surface area contributed by atoms with E-state index in [0.29, 0.717) is 42.6 Å². The number of carbonyl (C=O) groups is 1. The van der Waals surface area contributed by atoms with E-state index >= 15 is 0 Å². The summed E-state index contributed by atoms with van der Waals surface area (Å²) in [5.41, 5.74) is 0.409. The Labute approximate surface area is 125 Å². The molecule has 0 aliphatic heterocycles. The molecule has 1 rings (SSSR count). The van der Waals surface area contributed by atoms with Gasteiger partial charge in [0, 0.05) is 19.8 Å². The van der Waals surface area contributed by atoms with E-state index < -0.39 is 0 Å². The largest absolute Gasteiger partial charge is 0.493 e. The van der Waals surface area contributed by atoms with Gasteiger partial charge < -0.3 is 24.3 Å². The van der Waals surface area contributed by atoms with Gasteiger partial charge in [-0.15, -0.1) is 0 Å². The van der Waals surface area contributed by atoms with Crippen molar-refractivity contribution in [1.29, 1.82) is 0 Å². The Balaban J connectivity index is 2.79. The van der Waals surface area contributed by atoms with Gasteiger partial charge in [0.15, 0.2) is 11.5 Å². The van der Waals surface area contributed by atoms with Gasteiger partial charge in [0.05, 0.1) is 26.9 Å². The first-order chi connectivity index (χ1) is 10.2. The van der Waals surface area contributed by atoms with Crippen LogP contribution in [-0.4, -0.2) is 47.0 Å². The minimum atomic E-state index is -0.218. The average molecular weight is 297 g/mol. The van der Waals surface area contributed by atoms with Crippen molar-refractivity contribution in [3.05, 3.63) is 17.7 Å². The zero-order valence-electron chi connectivity index (χ0n) is 13.0. The summed E-state index contributed by atoms with van der Waals surface area (Å²) in [6.07, 6.45) is 0.759. The first-order valence-electron chi connectivity index (χ1n) is 6.84. The molecular formula is C15H23NO5. The molecule has 118 valence electrons. The number of benzene rings is 1. The van der Waals surface area contributed by atoms with Gasteiger partial charge in [-0.25, -0.2) is 0 Å². The fourth-order valence-corrected chi connectivity index (χ4v) is 1.90. The van der Waals surface area contributed by atoms with Gasteiger partial charge >= 0.3 is 0 Å². The van der Waals surface area contributed by atoms with Gasteiger partial charge in [0.1, 0.15) is 0 Å². The van der Waals surface area contributed by atoms with Crippen molar-refractivity contribution >= 4 is 5.91 Å². The van der Waals surface area contributed by atoms with Crippen LogP contribution in [0.15, 0.2) is 12.1 Å². The van der Waals surface area contributed by atoms with E-state index in [1.165, 1.54) is 21.3 Å². The Hall–Kier alpha value is -1.95. The lowest BCUT2D eigenvalue weighted by atomic mass is 10.1. The first-order valence-corrected chi connectivity index (χ1v) is 6.84. The molecule has 1 N–H and O–H groups in total. The van der Waals surface area contributed by atoms with E-state index in [4.69, 9.17) is 18.9 Å². The summed E-state index contributed by atoms with van der Waals surface area (Å²) in [5.74, 6) is 1.06. The second-order valence-corrected chi connectivity index (χ2v) is 4.19. The zero-order valence-corrected chi connectivity index (χ0v) is 13.0. The van der Waals surface area contributed by atoms with E-state index in [2.05, 4.69) is 5.32 Å². The Morgan fingerprint density at radius 3 is 2.38 bits per heavy atom. The molecule has 6 heteroatoms. The van der Waals surface area contributed by atoms with E-state index in [-0.39, 0.29) is 5.91 Å². The molecular weight excluding hydrogens is 274 g/mol. The first kappa shape index (κ1) is 17.1. The number of carbonyl (C=O) groups excluding carboxylic acids is 1. The molecule has 0 spiro atoms. The molecule has 0 heterocycles. The van der Waals surface area contributed by atoms with Crippen molar-refractivity contribution in [2.75, 3.05) is 41.1 Å². The van der Waals surface area contributed by atoms with E-state index in [1.54, 1.807) is 12.1 Å². The predicted molar refractivity (Wildman–Crippen MR) is 79.5 cm³/mol. The van der Waals surface area contributed by atoms with Gasteiger partial charge in [-0.2, -0.15) is 0 Å². The monoisotopic (exact) mass is 297 g/mol. The third-order valence-corrected chi connectivity index (χ3v) is 2.90. The number of hydrogen-bond acceptors (Lipinski definition) is 5. The molecule has 0 bridgehead atoms. The summed E-state index contributed by atoms with van der Waals surface area (Å²) in [5, 5.41) is 2.83. The maximum atomic E-state index is 12.2. The molecule has 0 saturated heterocycles. The number of hydrogen-bond donors (Lipinski definition) is 1. The Morgan fingerprint density at radius 1 is 1.10 bits per heavy atom. The molecule has 0 fully saturated rings. The highest BCUT2D eigenvalue weighted by Gasteiger charge is 2.20. The lowest BCUT2D eigenvalue weighted by molar-refractivity contribution is 0.0940. The maximum absolute atomic E-state index is 12.2. The number of rotatable bonds is 9. The highest BCUT2D eigenvalue weighted by molar-refractivity contribution is 5.98. The van der Waals surface area contributed by atoms with Crippen LogP contribution in [0.4, 0.5) is 0 Å². The van der Waals surface area contributed by atoms with Crippen molar-refractivity contribution in [3.8, 4) is 17.2 Å². The summed E-state index contributed by atoms with van der Waals surface area (Å²) in [4.78, 5) is 12.2. The van der Waals surface area contributed by atoms with Crippen LogP contribution in [0.5, 0.6) is 17.2 Å². The summed E-state index contributed by atoms with van der Waals surface area (Å²) in [7, 11) is 4.53. The molecule has 21 heavy (non-hydrogen) atoms. The molecule has 0 aromatic heterocycles. The number of methoxy groups -OCH3 is 3. The van der Waals surface area contributed by atoms with E-state index in [0.717, 1.165) is 6.42 Å². The highest BCUT2D eigenvalue weighted by atomic mass is 16.5. The molecule has 0 aliphatic rings. The fourth-order valence-electron chi connectivity index (χ4n) is 1.90.